The van der Waals surface area contributed by atoms with E-state index in [9.17, 15) is 9.18 Å². The Morgan fingerprint density at radius 2 is 2.06 bits per heavy atom. The maximum Gasteiger partial charge on any atom is 0.153 e. The first-order valence-corrected chi connectivity index (χ1v) is 6.64. The fourth-order valence-corrected chi connectivity index (χ4v) is 2.56. The van der Waals surface area contributed by atoms with E-state index in [-0.39, 0.29) is 6.10 Å². The fourth-order valence-electron chi connectivity index (χ4n) is 2.56. The second kappa shape index (κ2) is 5.98. The van der Waals surface area contributed by atoms with Crippen LogP contribution in [0.25, 0.3) is 0 Å². The number of ether oxygens (including phenoxy) is 1. The van der Waals surface area contributed by atoms with E-state index in [0.717, 1.165) is 18.8 Å². The minimum absolute atomic E-state index is 0.164. The standard InChI is InChI=1S/C15H19FO2/c1-2-11-3-6-14(7-4-11)18-15-8-5-13(16)9-12(15)10-17/h5,8-11,14H,2-4,6-7H2,1H3. The van der Waals surface area contributed by atoms with Gasteiger partial charge in [0.05, 0.1) is 11.7 Å². The molecule has 0 amide bonds. The zero-order chi connectivity index (χ0) is 13.0. The van der Waals surface area contributed by atoms with E-state index < -0.39 is 5.82 Å². The topological polar surface area (TPSA) is 26.3 Å². The van der Waals surface area contributed by atoms with E-state index in [4.69, 9.17) is 4.74 Å². The van der Waals surface area contributed by atoms with E-state index in [1.54, 1.807) is 6.07 Å². The maximum atomic E-state index is 13.0. The molecule has 0 spiro atoms. The van der Waals surface area contributed by atoms with Crippen molar-refractivity contribution in [2.24, 2.45) is 5.92 Å². The molecule has 1 aromatic carbocycles. The largest absolute Gasteiger partial charge is 0.490 e. The number of halogens is 1. The van der Waals surface area contributed by atoms with Gasteiger partial charge in [0.15, 0.2) is 6.29 Å². The zero-order valence-electron chi connectivity index (χ0n) is 10.7. The van der Waals surface area contributed by atoms with Gasteiger partial charge in [-0.15, -0.1) is 0 Å². The first kappa shape index (κ1) is 13.1. The molecule has 0 bridgehead atoms. The van der Waals surface area contributed by atoms with Crippen molar-refractivity contribution in [2.45, 2.75) is 45.1 Å². The van der Waals surface area contributed by atoms with Crippen LogP contribution >= 0.6 is 0 Å². The van der Waals surface area contributed by atoms with Gasteiger partial charge in [0.1, 0.15) is 11.6 Å². The second-order valence-corrected chi connectivity index (χ2v) is 4.97. The van der Waals surface area contributed by atoms with E-state index in [1.807, 2.05) is 0 Å². The summed E-state index contributed by atoms with van der Waals surface area (Å²) in [4.78, 5) is 10.9. The molecule has 1 fully saturated rings. The number of hydrogen-bond donors (Lipinski definition) is 0. The summed E-state index contributed by atoms with van der Waals surface area (Å²) < 4.78 is 18.8. The fraction of sp³-hybridized carbons (Fsp3) is 0.533. The Morgan fingerprint density at radius 3 is 2.67 bits per heavy atom. The maximum absolute atomic E-state index is 13.0. The summed E-state index contributed by atoms with van der Waals surface area (Å²) in [6.45, 7) is 2.22. The van der Waals surface area contributed by atoms with Gasteiger partial charge in [0.2, 0.25) is 0 Å². The highest BCUT2D eigenvalue weighted by Crippen LogP contribution is 2.30. The lowest BCUT2D eigenvalue weighted by Crippen LogP contribution is -2.24. The molecule has 2 rings (SSSR count). The highest BCUT2D eigenvalue weighted by atomic mass is 19.1. The van der Waals surface area contributed by atoms with Gasteiger partial charge in [-0.1, -0.05) is 13.3 Å². The average molecular weight is 250 g/mol. The molecule has 3 heteroatoms. The SMILES string of the molecule is CCC1CCC(Oc2ccc(F)cc2C=O)CC1. The van der Waals surface area contributed by atoms with Gasteiger partial charge in [0.25, 0.3) is 0 Å². The Balaban J connectivity index is 2.00. The van der Waals surface area contributed by atoms with E-state index in [2.05, 4.69) is 6.92 Å². The van der Waals surface area contributed by atoms with Crippen molar-refractivity contribution >= 4 is 6.29 Å². The number of benzene rings is 1. The lowest BCUT2D eigenvalue weighted by atomic mass is 9.86. The molecule has 0 saturated heterocycles. The van der Waals surface area contributed by atoms with Crippen LogP contribution in [0.2, 0.25) is 0 Å². The van der Waals surface area contributed by atoms with Gasteiger partial charge < -0.3 is 4.74 Å². The summed E-state index contributed by atoms with van der Waals surface area (Å²) in [6, 6.07) is 4.10. The van der Waals surface area contributed by atoms with Crippen LogP contribution in [-0.2, 0) is 0 Å². The van der Waals surface area contributed by atoms with E-state index >= 15 is 0 Å². The molecule has 0 aliphatic heterocycles. The lowest BCUT2D eigenvalue weighted by molar-refractivity contribution is 0.109. The predicted molar refractivity (Wildman–Crippen MR) is 68.5 cm³/mol. The van der Waals surface area contributed by atoms with Crippen molar-refractivity contribution in [1.29, 1.82) is 0 Å². The summed E-state index contributed by atoms with van der Waals surface area (Å²) in [5, 5.41) is 0. The van der Waals surface area contributed by atoms with Crippen LogP contribution in [0.5, 0.6) is 5.75 Å². The summed E-state index contributed by atoms with van der Waals surface area (Å²) in [5.41, 5.74) is 0.299. The van der Waals surface area contributed by atoms with Crippen molar-refractivity contribution in [3.63, 3.8) is 0 Å². The monoisotopic (exact) mass is 250 g/mol. The van der Waals surface area contributed by atoms with Crippen LogP contribution in [0.1, 0.15) is 49.4 Å². The number of rotatable bonds is 4. The summed E-state index contributed by atoms with van der Waals surface area (Å²) >= 11 is 0. The minimum Gasteiger partial charge on any atom is -0.490 e. The smallest absolute Gasteiger partial charge is 0.153 e. The molecule has 18 heavy (non-hydrogen) atoms. The molecular formula is C15H19FO2. The summed E-state index contributed by atoms with van der Waals surface area (Å²) in [6.07, 6.45) is 6.44. The highest BCUT2D eigenvalue weighted by Gasteiger charge is 2.21. The molecule has 0 aromatic heterocycles. The van der Waals surface area contributed by atoms with Gasteiger partial charge in [0, 0.05) is 0 Å². The predicted octanol–water partition coefficient (Wildman–Crippen LogP) is 3.99. The van der Waals surface area contributed by atoms with Crippen LogP contribution in [0.4, 0.5) is 4.39 Å². The normalized spacial score (nSPS) is 23.7. The van der Waals surface area contributed by atoms with Gasteiger partial charge in [-0.2, -0.15) is 0 Å². The summed E-state index contributed by atoms with van der Waals surface area (Å²) in [5.74, 6) is 0.911. The molecule has 1 aromatic rings. The average Bonchev–Trinajstić information content (AvgIpc) is 2.41. The third-order valence-corrected chi connectivity index (χ3v) is 3.76. The van der Waals surface area contributed by atoms with Gasteiger partial charge >= 0.3 is 0 Å². The molecule has 1 aliphatic carbocycles. The first-order chi connectivity index (χ1) is 8.72. The molecule has 98 valence electrons. The molecule has 0 atom stereocenters. The van der Waals surface area contributed by atoms with Crippen LogP contribution in [0.3, 0.4) is 0 Å². The first-order valence-electron chi connectivity index (χ1n) is 6.64. The molecule has 0 unspecified atom stereocenters. The Hall–Kier alpha value is -1.38. The van der Waals surface area contributed by atoms with Gasteiger partial charge in [-0.05, 0) is 49.8 Å². The Labute approximate surface area is 107 Å². The molecule has 0 radical (unpaired) electrons. The molecule has 1 saturated carbocycles. The Morgan fingerprint density at radius 1 is 1.33 bits per heavy atom. The minimum atomic E-state index is -0.404. The molecule has 1 aliphatic rings. The van der Waals surface area contributed by atoms with Gasteiger partial charge in [-0.25, -0.2) is 4.39 Å². The van der Waals surface area contributed by atoms with Gasteiger partial charge in [-0.3, -0.25) is 4.79 Å². The van der Waals surface area contributed by atoms with Crippen molar-refractivity contribution in [1.82, 2.24) is 0 Å². The number of carbonyl (C=O) groups is 1. The number of aldehydes is 1. The van der Waals surface area contributed by atoms with Crippen LogP contribution in [0, 0.1) is 11.7 Å². The van der Waals surface area contributed by atoms with Crippen LogP contribution in [0.15, 0.2) is 18.2 Å². The molecule has 0 heterocycles. The van der Waals surface area contributed by atoms with Crippen LogP contribution in [-0.4, -0.2) is 12.4 Å². The zero-order valence-corrected chi connectivity index (χ0v) is 10.7. The van der Waals surface area contributed by atoms with Crippen molar-refractivity contribution in [3.8, 4) is 5.75 Å². The van der Waals surface area contributed by atoms with E-state index in [1.165, 1.54) is 31.4 Å². The Bertz CT molecular complexity index is 409. The van der Waals surface area contributed by atoms with E-state index in [0.29, 0.717) is 17.6 Å². The quantitative estimate of drug-likeness (QED) is 0.755. The molecular weight excluding hydrogens is 231 g/mol. The van der Waals surface area contributed by atoms with Crippen molar-refractivity contribution in [3.05, 3.63) is 29.6 Å². The molecule has 0 N–H and O–H groups in total. The summed E-state index contributed by atoms with van der Waals surface area (Å²) in [7, 11) is 0. The highest BCUT2D eigenvalue weighted by molar-refractivity contribution is 5.79. The lowest BCUT2D eigenvalue weighted by Gasteiger charge is -2.28. The second-order valence-electron chi connectivity index (χ2n) is 4.97. The number of carbonyl (C=O) groups excluding carboxylic acids is 1. The number of hydrogen-bond acceptors (Lipinski definition) is 2. The Kier molecular flexibility index (Phi) is 4.34. The third kappa shape index (κ3) is 3.09. The van der Waals surface area contributed by atoms with Crippen molar-refractivity contribution < 1.29 is 13.9 Å². The molecule has 2 nitrogen and oxygen atoms in total. The van der Waals surface area contributed by atoms with Crippen LogP contribution < -0.4 is 4.74 Å². The van der Waals surface area contributed by atoms with Crippen molar-refractivity contribution in [2.75, 3.05) is 0 Å². The third-order valence-electron chi connectivity index (χ3n) is 3.76.